The van der Waals surface area contributed by atoms with Crippen LogP contribution >= 0.6 is 0 Å². The van der Waals surface area contributed by atoms with Crippen molar-refractivity contribution >= 4 is 11.2 Å². The Balaban J connectivity index is 1.62. The van der Waals surface area contributed by atoms with Crippen molar-refractivity contribution in [2.45, 2.75) is 6.61 Å². The molecule has 5 rings (SSSR count). The zero-order valence-corrected chi connectivity index (χ0v) is 15.1. The van der Waals surface area contributed by atoms with Crippen LogP contribution in [0.15, 0.2) is 48.8 Å². The first kappa shape index (κ1) is 17.2. The predicted octanol–water partition coefficient (Wildman–Crippen LogP) is 2.73. The maximum Gasteiger partial charge on any atom is 0.240 e. The molecule has 4 aromatic rings. The normalized spacial score (nSPS) is 12.9. The van der Waals surface area contributed by atoms with E-state index < -0.39 is 11.6 Å². The summed E-state index contributed by atoms with van der Waals surface area (Å²) in [6.45, 7) is 0.130. The molecule has 0 N–H and O–H groups in total. The van der Waals surface area contributed by atoms with Crippen molar-refractivity contribution in [3.8, 4) is 17.3 Å². The van der Waals surface area contributed by atoms with Gasteiger partial charge in [0, 0.05) is 12.6 Å². The molecule has 1 aliphatic rings. The van der Waals surface area contributed by atoms with Crippen LogP contribution in [0.3, 0.4) is 0 Å². The third-order valence-corrected chi connectivity index (χ3v) is 4.56. The summed E-state index contributed by atoms with van der Waals surface area (Å²) in [5.74, 6) is -1.02. The summed E-state index contributed by atoms with van der Waals surface area (Å²) in [4.78, 5) is 4.13. The number of hydrogen-bond acceptors (Lipinski definition) is 6. The Morgan fingerprint density at radius 3 is 2.72 bits per heavy atom. The Morgan fingerprint density at radius 1 is 1.14 bits per heavy atom. The minimum absolute atomic E-state index is 0.0419. The van der Waals surface area contributed by atoms with Crippen molar-refractivity contribution in [3.63, 3.8) is 0 Å². The lowest BCUT2D eigenvalue weighted by atomic mass is 10.0. The molecule has 8 nitrogen and oxygen atoms in total. The molecule has 144 valence electrons. The maximum atomic E-state index is 14.3. The van der Waals surface area contributed by atoms with Crippen molar-refractivity contribution in [2.24, 2.45) is 7.05 Å². The minimum Gasteiger partial charge on any atom is -0.468 e. The van der Waals surface area contributed by atoms with E-state index >= 15 is 0 Å². The molecule has 0 radical (unpaired) electrons. The number of rotatable bonds is 5. The minimum atomic E-state index is -1.01. The Kier molecular flexibility index (Phi) is 3.90. The van der Waals surface area contributed by atoms with E-state index in [0.717, 1.165) is 11.6 Å². The number of hydrogen-bond donors (Lipinski definition) is 0. The van der Waals surface area contributed by atoms with Gasteiger partial charge in [0.2, 0.25) is 5.88 Å². The molecule has 29 heavy (non-hydrogen) atoms. The third-order valence-electron chi connectivity index (χ3n) is 4.56. The summed E-state index contributed by atoms with van der Waals surface area (Å²) in [5.41, 5.74) is 1.96. The van der Waals surface area contributed by atoms with Gasteiger partial charge in [0.15, 0.2) is 28.9 Å². The second-order valence-electron chi connectivity index (χ2n) is 6.33. The van der Waals surface area contributed by atoms with Gasteiger partial charge in [-0.05, 0) is 23.8 Å². The molecule has 0 spiro atoms. The van der Waals surface area contributed by atoms with E-state index in [0.29, 0.717) is 17.0 Å². The van der Waals surface area contributed by atoms with Crippen LogP contribution in [0.4, 0.5) is 8.78 Å². The Bertz CT molecular complexity index is 1310. The largest absolute Gasteiger partial charge is 0.468 e. The van der Waals surface area contributed by atoms with Crippen molar-refractivity contribution in [1.29, 1.82) is 0 Å². The summed E-state index contributed by atoms with van der Waals surface area (Å²) in [5, 5.41) is 16.5. The Labute approximate surface area is 162 Å². The first-order chi connectivity index (χ1) is 14.1. The zero-order chi connectivity index (χ0) is 20.0. The van der Waals surface area contributed by atoms with Gasteiger partial charge in [0.1, 0.15) is 12.9 Å². The molecule has 0 fully saturated rings. The number of allylic oxidation sites excluding steroid dienone is 4. The maximum absolute atomic E-state index is 14.3. The fraction of sp³-hybridized carbons (Fsp3) is 0.105. The van der Waals surface area contributed by atoms with Gasteiger partial charge in [0.05, 0.1) is 5.56 Å². The molecule has 3 heterocycles. The lowest BCUT2D eigenvalue weighted by Gasteiger charge is -2.14. The Hall–Kier alpha value is -3.95. The van der Waals surface area contributed by atoms with Gasteiger partial charge in [-0.2, -0.15) is 9.61 Å². The molecule has 0 saturated heterocycles. The van der Waals surface area contributed by atoms with Crippen molar-refractivity contribution < 1.29 is 13.5 Å². The summed E-state index contributed by atoms with van der Waals surface area (Å²) in [6.07, 6.45) is 7.14. The fourth-order valence-electron chi connectivity index (χ4n) is 2.93. The first-order valence-corrected chi connectivity index (χ1v) is 8.67. The lowest BCUT2D eigenvalue weighted by Crippen LogP contribution is -2.09. The zero-order valence-electron chi connectivity index (χ0n) is 15.1. The summed E-state index contributed by atoms with van der Waals surface area (Å²) < 4.78 is 36.8. The van der Waals surface area contributed by atoms with Crippen LogP contribution in [0.5, 0.6) is 5.88 Å². The van der Waals surface area contributed by atoms with Crippen LogP contribution in [0.1, 0.15) is 11.4 Å². The first-order valence-electron chi connectivity index (χ1n) is 8.67. The highest BCUT2D eigenvalue weighted by Gasteiger charge is 2.20. The standard InChI is InChI=1S/C19H13F2N7O/c1-27-16(22-10-23-27)9-29-19-13(11-4-2-5-11)8-15-24-25-18(28(15)26-19)12-6-3-7-14(20)17(12)21/h2-8,10H,9H2,1H3. The molecule has 0 bridgehead atoms. The molecule has 1 aromatic carbocycles. The number of aromatic nitrogens is 7. The highest BCUT2D eigenvalue weighted by Crippen LogP contribution is 2.32. The summed E-state index contributed by atoms with van der Waals surface area (Å²) in [7, 11) is 1.76. The third kappa shape index (κ3) is 2.85. The van der Waals surface area contributed by atoms with Gasteiger partial charge < -0.3 is 4.74 Å². The monoisotopic (exact) mass is 393 g/mol. The van der Waals surface area contributed by atoms with E-state index in [1.165, 1.54) is 23.0 Å². The fourth-order valence-corrected chi connectivity index (χ4v) is 2.93. The molecule has 0 saturated carbocycles. The van der Waals surface area contributed by atoms with E-state index in [-0.39, 0.29) is 23.9 Å². The highest BCUT2D eigenvalue weighted by atomic mass is 19.2. The average Bonchev–Trinajstić information content (AvgIpc) is 3.26. The molecule has 10 heteroatoms. The molecule has 0 aliphatic heterocycles. The smallest absolute Gasteiger partial charge is 0.240 e. The number of benzene rings is 1. The molecule has 1 aliphatic carbocycles. The topological polar surface area (TPSA) is 83.0 Å². The summed E-state index contributed by atoms with van der Waals surface area (Å²) >= 11 is 0. The number of ether oxygens (including phenoxy) is 1. The van der Waals surface area contributed by atoms with Gasteiger partial charge in [-0.15, -0.1) is 15.3 Å². The van der Waals surface area contributed by atoms with E-state index in [2.05, 4.69) is 25.4 Å². The van der Waals surface area contributed by atoms with Crippen LogP contribution < -0.4 is 4.74 Å². The molecule has 0 amide bonds. The van der Waals surface area contributed by atoms with Crippen LogP contribution in [-0.2, 0) is 13.7 Å². The molecule has 0 atom stereocenters. The second-order valence-corrected chi connectivity index (χ2v) is 6.33. The molecule has 3 aromatic heterocycles. The molecule has 0 unspecified atom stereocenters. The predicted molar refractivity (Wildman–Crippen MR) is 98.6 cm³/mol. The van der Waals surface area contributed by atoms with Gasteiger partial charge in [0.25, 0.3) is 0 Å². The van der Waals surface area contributed by atoms with Crippen LogP contribution in [0, 0.1) is 11.6 Å². The van der Waals surface area contributed by atoms with Crippen LogP contribution in [-0.4, -0.2) is 34.6 Å². The lowest BCUT2D eigenvalue weighted by molar-refractivity contribution is 0.273. The number of halogens is 2. The molecular formula is C19H13F2N7O. The quantitative estimate of drug-likeness (QED) is 0.519. The van der Waals surface area contributed by atoms with E-state index in [9.17, 15) is 8.78 Å². The number of nitrogens with zero attached hydrogens (tertiary/aromatic N) is 7. The molecular weight excluding hydrogens is 380 g/mol. The van der Waals surface area contributed by atoms with Gasteiger partial charge >= 0.3 is 0 Å². The SMILES string of the molecule is Cn1ncnc1COc1nn2c(-c3cccc(F)c3F)nnc2cc1C1=CC=C1. The number of aryl methyl sites for hydroxylation is 1. The summed E-state index contributed by atoms with van der Waals surface area (Å²) in [6, 6.07) is 5.60. The second kappa shape index (κ2) is 6.59. The highest BCUT2D eigenvalue weighted by molar-refractivity contribution is 5.84. The van der Waals surface area contributed by atoms with Crippen molar-refractivity contribution in [3.05, 3.63) is 71.8 Å². The van der Waals surface area contributed by atoms with Gasteiger partial charge in [-0.3, -0.25) is 4.68 Å². The van der Waals surface area contributed by atoms with Crippen molar-refractivity contribution in [2.75, 3.05) is 0 Å². The van der Waals surface area contributed by atoms with E-state index in [4.69, 9.17) is 4.74 Å². The van der Waals surface area contributed by atoms with Gasteiger partial charge in [-0.1, -0.05) is 24.3 Å². The van der Waals surface area contributed by atoms with Crippen molar-refractivity contribution in [1.82, 2.24) is 34.6 Å². The van der Waals surface area contributed by atoms with Crippen LogP contribution in [0.2, 0.25) is 0 Å². The average molecular weight is 393 g/mol. The van der Waals surface area contributed by atoms with E-state index in [1.54, 1.807) is 17.8 Å². The Morgan fingerprint density at radius 2 is 2.00 bits per heavy atom. The van der Waals surface area contributed by atoms with Gasteiger partial charge in [-0.25, -0.2) is 13.8 Å². The van der Waals surface area contributed by atoms with E-state index in [1.807, 2.05) is 18.2 Å². The van der Waals surface area contributed by atoms with Crippen LogP contribution in [0.25, 0.3) is 22.6 Å². The number of fused-ring (bicyclic) bond motifs is 1.